The normalized spacial score (nSPS) is 10.2. The van der Waals surface area contributed by atoms with E-state index in [1.54, 1.807) is 6.08 Å². The van der Waals surface area contributed by atoms with Crippen LogP contribution in [0.5, 0.6) is 0 Å². The molecule has 1 heteroatoms. The zero-order valence-corrected chi connectivity index (χ0v) is 6.22. The van der Waals surface area contributed by atoms with Gasteiger partial charge >= 0.3 is 0 Å². The predicted octanol–water partition coefficient (Wildman–Crippen LogP) is 2.59. The zero-order chi connectivity index (χ0) is 7.98. The van der Waals surface area contributed by atoms with Crippen molar-refractivity contribution in [1.82, 2.24) is 0 Å². The lowest BCUT2D eigenvalue weighted by Gasteiger charge is -1.90. The molecule has 0 aliphatic rings. The average Bonchev–Trinajstić information content (AvgIpc) is 1.99. The summed E-state index contributed by atoms with van der Waals surface area (Å²) >= 11 is 0. The first-order valence-corrected chi connectivity index (χ1v) is 3.16. The van der Waals surface area contributed by atoms with Crippen molar-refractivity contribution in [3.05, 3.63) is 36.5 Å². The molecule has 10 heavy (non-hydrogen) atoms. The Kier molecular flexibility index (Phi) is 3.99. The number of allylic oxidation sites excluding steroid dienone is 4. The van der Waals surface area contributed by atoms with Crippen molar-refractivity contribution in [1.29, 1.82) is 5.26 Å². The van der Waals surface area contributed by atoms with E-state index in [4.69, 9.17) is 5.26 Å². The van der Waals surface area contributed by atoms with Gasteiger partial charge in [-0.1, -0.05) is 31.7 Å². The molecule has 0 aromatic heterocycles. The second-order valence-corrected chi connectivity index (χ2v) is 1.93. The molecule has 0 aromatic carbocycles. The number of nitrogens with zero attached hydrogens (tertiary/aromatic N) is 1. The van der Waals surface area contributed by atoms with Crippen LogP contribution in [0, 0.1) is 11.3 Å². The Bertz CT molecular complexity index is 203. The van der Waals surface area contributed by atoms with Crippen molar-refractivity contribution in [2.45, 2.75) is 13.3 Å². The van der Waals surface area contributed by atoms with Crippen molar-refractivity contribution >= 4 is 0 Å². The first-order chi connectivity index (χ1) is 4.74. The maximum Gasteiger partial charge on any atom is 0.0991 e. The largest absolute Gasteiger partial charge is 0.192 e. The van der Waals surface area contributed by atoms with Crippen LogP contribution in [0.1, 0.15) is 13.3 Å². The molecule has 0 aromatic rings. The molecular formula is C9H11N. The van der Waals surface area contributed by atoms with E-state index in [0.29, 0.717) is 5.57 Å². The fourth-order valence-corrected chi connectivity index (χ4v) is 0.459. The molecular weight excluding hydrogens is 122 g/mol. The van der Waals surface area contributed by atoms with Gasteiger partial charge in [0.25, 0.3) is 0 Å². The monoisotopic (exact) mass is 133 g/mol. The van der Waals surface area contributed by atoms with Gasteiger partial charge in [0.2, 0.25) is 0 Å². The van der Waals surface area contributed by atoms with Crippen LogP contribution in [-0.4, -0.2) is 0 Å². The third-order valence-corrected chi connectivity index (χ3v) is 1.16. The van der Waals surface area contributed by atoms with Gasteiger partial charge in [-0.05, 0) is 12.5 Å². The summed E-state index contributed by atoms with van der Waals surface area (Å²) in [6.45, 7) is 9.22. The summed E-state index contributed by atoms with van der Waals surface area (Å²) in [4.78, 5) is 0. The summed E-state index contributed by atoms with van der Waals surface area (Å²) in [5, 5.41) is 8.44. The Morgan fingerprint density at radius 1 is 1.70 bits per heavy atom. The highest BCUT2D eigenvalue weighted by atomic mass is 14.2. The summed E-state index contributed by atoms with van der Waals surface area (Å²) in [6.07, 6.45) is 4.15. The Morgan fingerprint density at radius 2 is 2.30 bits per heavy atom. The van der Waals surface area contributed by atoms with Crippen LogP contribution in [0.15, 0.2) is 36.5 Å². The fraction of sp³-hybridized carbons (Fsp3) is 0.222. The number of rotatable bonds is 3. The lowest BCUT2D eigenvalue weighted by atomic mass is 10.1. The minimum atomic E-state index is 0.576. The van der Waals surface area contributed by atoms with Crippen LogP contribution < -0.4 is 0 Å². The maximum atomic E-state index is 8.44. The minimum Gasteiger partial charge on any atom is -0.192 e. The average molecular weight is 133 g/mol. The molecule has 0 rings (SSSR count). The van der Waals surface area contributed by atoms with Gasteiger partial charge < -0.3 is 0 Å². The van der Waals surface area contributed by atoms with Crippen molar-refractivity contribution in [2.24, 2.45) is 0 Å². The second-order valence-electron chi connectivity index (χ2n) is 1.93. The van der Waals surface area contributed by atoms with Gasteiger partial charge in [-0.25, -0.2) is 0 Å². The van der Waals surface area contributed by atoms with Crippen LogP contribution in [0.2, 0.25) is 0 Å². The standard InChI is InChI=1S/C9H11N/c1-4-8(3)6-9(5-2)7-10/h5-6H,2-4H2,1H3/b9-6+. The van der Waals surface area contributed by atoms with E-state index in [-0.39, 0.29) is 0 Å². The Balaban J connectivity index is 4.28. The third-order valence-electron chi connectivity index (χ3n) is 1.16. The highest BCUT2D eigenvalue weighted by Gasteiger charge is 1.87. The summed E-state index contributed by atoms with van der Waals surface area (Å²) < 4.78 is 0. The Morgan fingerprint density at radius 3 is 2.60 bits per heavy atom. The van der Waals surface area contributed by atoms with E-state index < -0.39 is 0 Å². The Labute approximate surface area is 62.0 Å². The molecule has 0 atom stereocenters. The van der Waals surface area contributed by atoms with E-state index >= 15 is 0 Å². The van der Waals surface area contributed by atoms with Crippen molar-refractivity contribution in [3.63, 3.8) is 0 Å². The Hall–Kier alpha value is -1.29. The van der Waals surface area contributed by atoms with Gasteiger partial charge in [0.1, 0.15) is 0 Å². The SMILES string of the molecule is C=C/C(C#N)=C\C(=C)CC. The van der Waals surface area contributed by atoms with E-state index in [2.05, 4.69) is 13.2 Å². The quantitative estimate of drug-likeness (QED) is 0.429. The molecule has 0 saturated heterocycles. The van der Waals surface area contributed by atoms with Crippen LogP contribution in [0.3, 0.4) is 0 Å². The van der Waals surface area contributed by atoms with E-state index in [0.717, 1.165) is 12.0 Å². The molecule has 0 aliphatic heterocycles. The van der Waals surface area contributed by atoms with Crippen LogP contribution >= 0.6 is 0 Å². The third kappa shape index (κ3) is 2.88. The second kappa shape index (κ2) is 4.58. The highest BCUT2D eigenvalue weighted by Crippen LogP contribution is 2.03. The molecule has 0 radical (unpaired) electrons. The van der Waals surface area contributed by atoms with Gasteiger partial charge in [-0.3, -0.25) is 0 Å². The molecule has 0 fully saturated rings. The summed E-state index contributed by atoms with van der Waals surface area (Å²) in [7, 11) is 0. The van der Waals surface area contributed by atoms with E-state index in [1.807, 2.05) is 13.0 Å². The molecule has 0 bridgehead atoms. The van der Waals surface area contributed by atoms with E-state index in [9.17, 15) is 0 Å². The van der Waals surface area contributed by atoms with Gasteiger partial charge in [0.15, 0.2) is 0 Å². The maximum absolute atomic E-state index is 8.44. The van der Waals surface area contributed by atoms with Gasteiger partial charge in [0.05, 0.1) is 11.6 Å². The topological polar surface area (TPSA) is 23.8 Å². The summed E-state index contributed by atoms with van der Waals surface area (Å²) in [5.41, 5.74) is 1.53. The summed E-state index contributed by atoms with van der Waals surface area (Å²) in [6, 6.07) is 2.00. The fourth-order valence-electron chi connectivity index (χ4n) is 0.459. The lowest BCUT2D eigenvalue weighted by Crippen LogP contribution is -1.74. The number of nitriles is 1. The zero-order valence-electron chi connectivity index (χ0n) is 6.22. The first-order valence-electron chi connectivity index (χ1n) is 3.16. The van der Waals surface area contributed by atoms with Gasteiger partial charge in [-0.15, -0.1) is 0 Å². The lowest BCUT2D eigenvalue weighted by molar-refractivity contribution is 1.16. The molecule has 0 unspecified atom stereocenters. The molecule has 0 saturated carbocycles. The molecule has 1 nitrogen and oxygen atoms in total. The minimum absolute atomic E-state index is 0.576. The van der Waals surface area contributed by atoms with Crippen molar-refractivity contribution in [2.75, 3.05) is 0 Å². The summed E-state index contributed by atoms with van der Waals surface area (Å²) in [5.74, 6) is 0. The van der Waals surface area contributed by atoms with Crippen molar-refractivity contribution in [3.8, 4) is 6.07 Å². The van der Waals surface area contributed by atoms with Gasteiger partial charge in [-0.2, -0.15) is 5.26 Å². The molecule has 0 N–H and O–H groups in total. The van der Waals surface area contributed by atoms with Gasteiger partial charge in [0, 0.05) is 0 Å². The molecule has 0 heterocycles. The molecule has 0 aliphatic carbocycles. The highest BCUT2D eigenvalue weighted by molar-refractivity contribution is 5.37. The van der Waals surface area contributed by atoms with Crippen LogP contribution in [0.4, 0.5) is 0 Å². The molecule has 52 valence electrons. The molecule has 0 amide bonds. The smallest absolute Gasteiger partial charge is 0.0991 e. The first kappa shape index (κ1) is 8.71. The molecule has 0 spiro atoms. The van der Waals surface area contributed by atoms with E-state index in [1.165, 1.54) is 6.08 Å². The van der Waals surface area contributed by atoms with Crippen LogP contribution in [-0.2, 0) is 0 Å². The van der Waals surface area contributed by atoms with Crippen LogP contribution in [0.25, 0.3) is 0 Å². The number of hydrogen-bond donors (Lipinski definition) is 0. The van der Waals surface area contributed by atoms with Crippen molar-refractivity contribution < 1.29 is 0 Å². The number of hydrogen-bond acceptors (Lipinski definition) is 1. The predicted molar refractivity (Wildman–Crippen MR) is 43.3 cm³/mol.